The molecule has 0 saturated heterocycles. The van der Waals surface area contributed by atoms with Crippen molar-refractivity contribution in [1.29, 1.82) is 0 Å². The highest BCUT2D eigenvalue weighted by molar-refractivity contribution is 8.16. The van der Waals surface area contributed by atoms with Gasteiger partial charge in [0.05, 0.1) is 13.2 Å². The molecule has 0 aliphatic rings. The lowest BCUT2D eigenvalue weighted by Crippen LogP contribution is -2.32. The molecule has 0 amide bonds. The number of unbranched alkanes of at least 4 members (excludes halogenated alkanes) is 2. The van der Waals surface area contributed by atoms with Crippen molar-refractivity contribution in [3.05, 3.63) is 0 Å². The third-order valence-corrected chi connectivity index (χ3v) is 12.3. The Balaban J connectivity index is 5.54. The summed E-state index contributed by atoms with van der Waals surface area (Å²) in [5, 5.41) is 0. The van der Waals surface area contributed by atoms with Crippen molar-refractivity contribution in [2.24, 2.45) is 0 Å². The van der Waals surface area contributed by atoms with Gasteiger partial charge in [0.2, 0.25) is 6.57 Å². The van der Waals surface area contributed by atoms with Gasteiger partial charge in [0.1, 0.15) is 0 Å². The van der Waals surface area contributed by atoms with Crippen molar-refractivity contribution in [2.45, 2.75) is 67.2 Å². The monoisotopic (exact) mass is 432 g/mol. The molecule has 0 radical (unpaired) electrons. The van der Waals surface area contributed by atoms with Crippen LogP contribution in [0.1, 0.15) is 67.2 Å². The molecular formula is C16H38N2O3P2S2. The number of hydrogen-bond acceptors (Lipinski definition) is 5. The van der Waals surface area contributed by atoms with Gasteiger partial charge in [0.25, 0.3) is 0 Å². The maximum absolute atomic E-state index is 6.47. The van der Waals surface area contributed by atoms with Gasteiger partial charge in [0, 0.05) is 26.2 Å². The van der Waals surface area contributed by atoms with Gasteiger partial charge in [-0.3, -0.25) is 0 Å². The lowest BCUT2D eigenvalue weighted by molar-refractivity contribution is 0.193. The van der Waals surface area contributed by atoms with E-state index in [1.807, 2.05) is 0 Å². The molecule has 0 unspecified atom stereocenters. The van der Waals surface area contributed by atoms with E-state index in [4.69, 9.17) is 37.0 Å². The Morgan fingerprint density at radius 1 is 0.680 bits per heavy atom. The van der Waals surface area contributed by atoms with Crippen molar-refractivity contribution >= 4 is 36.9 Å². The molecule has 0 aromatic heterocycles. The highest BCUT2D eigenvalue weighted by Gasteiger charge is 2.38. The van der Waals surface area contributed by atoms with Gasteiger partial charge in [-0.25, -0.2) is 13.7 Å². The van der Waals surface area contributed by atoms with E-state index in [0.717, 1.165) is 51.9 Å². The Morgan fingerprint density at radius 2 is 1.04 bits per heavy atom. The molecule has 9 heteroatoms. The first kappa shape index (κ1) is 26.1. The van der Waals surface area contributed by atoms with E-state index in [0.29, 0.717) is 13.2 Å². The van der Waals surface area contributed by atoms with Crippen molar-refractivity contribution in [3.63, 3.8) is 0 Å². The van der Waals surface area contributed by atoms with Crippen LogP contribution in [-0.2, 0) is 37.0 Å². The topological polar surface area (TPSA) is 34.2 Å². The average molecular weight is 433 g/mol. The smallest absolute Gasteiger partial charge is 0.308 e. The van der Waals surface area contributed by atoms with Gasteiger partial charge < -0.3 is 9.05 Å². The predicted molar refractivity (Wildman–Crippen MR) is 117 cm³/mol. The van der Waals surface area contributed by atoms with Gasteiger partial charge in [-0.05, 0) is 36.5 Å². The van der Waals surface area contributed by atoms with Crippen LogP contribution in [0.5, 0.6) is 0 Å². The van der Waals surface area contributed by atoms with Crippen LogP contribution >= 0.6 is 13.3 Å². The van der Waals surface area contributed by atoms with Crippen LogP contribution in [0.4, 0.5) is 0 Å². The summed E-state index contributed by atoms with van der Waals surface area (Å²) in [7, 11) is 0. The lowest BCUT2D eigenvalue weighted by atomic mass is 10.4. The fourth-order valence-electron chi connectivity index (χ4n) is 2.30. The molecule has 5 nitrogen and oxygen atoms in total. The van der Waals surface area contributed by atoms with E-state index < -0.39 is 13.3 Å². The summed E-state index contributed by atoms with van der Waals surface area (Å²) in [4.78, 5) is 0. The first-order valence-electron chi connectivity index (χ1n) is 9.58. The summed E-state index contributed by atoms with van der Waals surface area (Å²) in [6.45, 7) is 11.8. The molecule has 152 valence electrons. The first-order valence-corrected chi connectivity index (χ1v) is 14.8. The summed E-state index contributed by atoms with van der Waals surface area (Å²) < 4.78 is 22.8. The van der Waals surface area contributed by atoms with Gasteiger partial charge in [-0.2, -0.15) is 0 Å². The van der Waals surface area contributed by atoms with E-state index in [9.17, 15) is 0 Å². The molecule has 0 aliphatic heterocycles. The minimum atomic E-state index is -2.87. The normalized spacial score (nSPS) is 13.1. The van der Waals surface area contributed by atoms with Gasteiger partial charge in [0.15, 0.2) is 0 Å². The van der Waals surface area contributed by atoms with Crippen LogP contribution in [-0.4, -0.2) is 48.7 Å². The van der Waals surface area contributed by atoms with Crippen LogP contribution in [0.2, 0.25) is 0 Å². The highest BCUT2D eigenvalue weighted by atomic mass is 32.5. The zero-order chi connectivity index (χ0) is 19.3. The van der Waals surface area contributed by atoms with Crippen molar-refractivity contribution < 1.29 is 13.4 Å². The van der Waals surface area contributed by atoms with Crippen molar-refractivity contribution in [2.75, 3.05) is 39.4 Å². The Bertz CT molecular complexity index is 404. The molecular weight excluding hydrogens is 394 g/mol. The molecule has 0 rings (SSSR count). The summed E-state index contributed by atoms with van der Waals surface area (Å²) in [6.07, 6.45) is 3.98. The third kappa shape index (κ3) is 8.76. The van der Waals surface area contributed by atoms with E-state index in [1.54, 1.807) is 0 Å². The van der Waals surface area contributed by atoms with E-state index in [2.05, 4.69) is 50.9 Å². The minimum Gasteiger partial charge on any atom is -0.308 e. The number of nitrogens with zero attached hydrogens (tertiary/aromatic N) is 2. The molecule has 0 aromatic carbocycles. The van der Waals surface area contributed by atoms with E-state index in [-0.39, 0.29) is 0 Å². The zero-order valence-corrected chi connectivity index (χ0v) is 20.3. The molecule has 25 heavy (non-hydrogen) atoms. The van der Waals surface area contributed by atoms with Gasteiger partial charge in [-0.1, -0.05) is 54.4 Å². The SMILES string of the molecule is CCCCOP(=S)(OCCCC)OP(=S)(N(CC)CC)N(CC)CC. The quantitative estimate of drug-likeness (QED) is 0.226. The van der Waals surface area contributed by atoms with Crippen molar-refractivity contribution in [1.82, 2.24) is 9.34 Å². The minimum absolute atomic E-state index is 0.561. The second-order valence-corrected chi connectivity index (χ2v) is 12.6. The van der Waals surface area contributed by atoms with Crippen LogP contribution in [0.25, 0.3) is 0 Å². The molecule has 0 saturated carbocycles. The summed E-state index contributed by atoms with van der Waals surface area (Å²) in [5.74, 6) is 0. The largest absolute Gasteiger partial charge is 0.333 e. The molecule has 0 bridgehead atoms. The highest BCUT2D eigenvalue weighted by Crippen LogP contribution is 2.68. The molecule has 0 aromatic rings. The van der Waals surface area contributed by atoms with Crippen LogP contribution in [0, 0.1) is 0 Å². The molecule has 0 N–H and O–H groups in total. The summed E-state index contributed by atoms with van der Waals surface area (Å²) >= 11 is 11.8. The van der Waals surface area contributed by atoms with Crippen LogP contribution < -0.4 is 0 Å². The van der Waals surface area contributed by atoms with E-state index in [1.165, 1.54) is 0 Å². The maximum atomic E-state index is 6.47. The molecule has 0 spiro atoms. The first-order chi connectivity index (χ1) is 11.9. The van der Waals surface area contributed by atoms with Crippen molar-refractivity contribution in [3.8, 4) is 0 Å². The van der Waals surface area contributed by atoms with Crippen LogP contribution in [0.3, 0.4) is 0 Å². The molecule has 0 aliphatic carbocycles. The Kier molecular flexibility index (Phi) is 14.8. The fourth-order valence-corrected chi connectivity index (χ4v) is 11.0. The zero-order valence-electron chi connectivity index (χ0n) is 16.9. The lowest BCUT2D eigenvalue weighted by Gasteiger charge is -2.42. The van der Waals surface area contributed by atoms with Gasteiger partial charge in [-0.15, -0.1) is 0 Å². The number of rotatable bonds is 16. The molecule has 0 heterocycles. The molecule has 0 fully saturated rings. The summed E-state index contributed by atoms with van der Waals surface area (Å²) in [6, 6.07) is 0. The Hall–Kier alpha value is 1.10. The second-order valence-electron chi connectivity index (χ2n) is 5.67. The average Bonchev–Trinajstić information content (AvgIpc) is 2.57. The maximum Gasteiger partial charge on any atom is 0.333 e. The fraction of sp³-hybridized carbons (Fsp3) is 1.00. The predicted octanol–water partition coefficient (Wildman–Crippen LogP) is 5.77. The van der Waals surface area contributed by atoms with E-state index >= 15 is 0 Å². The standard InChI is InChI=1S/C16H38N2O3P2S2/c1-7-13-15-19-23(25,20-16-14-8-2)21-22(24,17(9-3)10-4)18(11-5)12-6/h7-16H2,1-6H3. The molecule has 0 atom stereocenters. The van der Waals surface area contributed by atoms with Gasteiger partial charge >= 0.3 is 6.72 Å². The second kappa shape index (κ2) is 14.1. The number of hydrogen-bond donors (Lipinski definition) is 0. The third-order valence-electron chi connectivity index (χ3n) is 3.88. The summed E-state index contributed by atoms with van der Waals surface area (Å²) in [5.41, 5.74) is 0. The van der Waals surface area contributed by atoms with Crippen LogP contribution in [0.15, 0.2) is 0 Å². The Morgan fingerprint density at radius 3 is 1.32 bits per heavy atom. The Labute approximate surface area is 166 Å².